The number of nitrogens with zero attached hydrogens (tertiary/aromatic N) is 2. The Balaban J connectivity index is 2.22. The standard InChI is InChI=1S/C13H19N5OS/c1-7-5-10(9(3)19-7)8(2)15-11-6-12(18-14)17-13(16-11)20-4/h5-6,8H,14H2,1-4H3,(H2,15,16,17,18). The van der Waals surface area contributed by atoms with Crippen LogP contribution in [0.4, 0.5) is 11.6 Å². The van der Waals surface area contributed by atoms with Gasteiger partial charge in [0.1, 0.15) is 23.2 Å². The molecule has 0 radical (unpaired) electrons. The van der Waals surface area contributed by atoms with E-state index >= 15 is 0 Å². The predicted octanol–water partition coefficient (Wildman–Crippen LogP) is 2.87. The summed E-state index contributed by atoms with van der Waals surface area (Å²) in [6, 6.07) is 3.90. The second kappa shape index (κ2) is 6.15. The molecule has 0 aliphatic rings. The van der Waals surface area contributed by atoms with E-state index in [1.807, 2.05) is 26.2 Å². The SMILES string of the molecule is CSc1nc(NN)cc(NC(C)c2cc(C)oc2C)n1. The Bertz CT molecular complexity index is 576. The summed E-state index contributed by atoms with van der Waals surface area (Å²) in [5.41, 5.74) is 3.67. The van der Waals surface area contributed by atoms with Gasteiger partial charge >= 0.3 is 0 Å². The molecule has 0 fully saturated rings. The van der Waals surface area contributed by atoms with Crippen LogP contribution in [0, 0.1) is 13.8 Å². The lowest BCUT2D eigenvalue weighted by atomic mass is 10.1. The Labute approximate surface area is 122 Å². The number of hydrazine groups is 1. The van der Waals surface area contributed by atoms with E-state index in [2.05, 4.69) is 27.6 Å². The first-order valence-electron chi connectivity index (χ1n) is 6.26. The molecule has 0 saturated heterocycles. The average molecular weight is 293 g/mol. The van der Waals surface area contributed by atoms with Gasteiger partial charge in [-0.1, -0.05) is 11.8 Å². The van der Waals surface area contributed by atoms with Gasteiger partial charge in [-0.3, -0.25) is 0 Å². The first kappa shape index (κ1) is 14.7. The normalized spacial score (nSPS) is 12.2. The van der Waals surface area contributed by atoms with Gasteiger partial charge in [0, 0.05) is 11.6 Å². The molecule has 2 rings (SSSR count). The number of nitrogens with two attached hydrogens (primary N) is 1. The molecule has 6 nitrogen and oxygen atoms in total. The van der Waals surface area contributed by atoms with Crippen LogP contribution >= 0.6 is 11.8 Å². The second-order valence-corrected chi connectivity index (χ2v) is 5.28. The highest BCUT2D eigenvalue weighted by atomic mass is 32.2. The van der Waals surface area contributed by atoms with Crippen molar-refractivity contribution >= 4 is 23.4 Å². The minimum absolute atomic E-state index is 0.0858. The van der Waals surface area contributed by atoms with Gasteiger partial charge in [0.2, 0.25) is 0 Å². The third-order valence-corrected chi connectivity index (χ3v) is 3.49. The van der Waals surface area contributed by atoms with Crippen LogP contribution in [-0.4, -0.2) is 16.2 Å². The number of anilines is 2. The first-order chi connectivity index (χ1) is 9.53. The van der Waals surface area contributed by atoms with Crippen LogP contribution in [0.3, 0.4) is 0 Å². The van der Waals surface area contributed by atoms with E-state index in [0.29, 0.717) is 11.0 Å². The largest absolute Gasteiger partial charge is 0.466 e. The van der Waals surface area contributed by atoms with Crippen molar-refractivity contribution in [1.29, 1.82) is 0 Å². The molecule has 2 aromatic rings. The van der Waals surface area contributed by atoms with Gasteiger partial charge in [0.05, 0.1) is 6.04 Å². The summed E-state index contributed by atoms with van der Waals surface area (Å²) in [5.74, 6) is 8.55. The molecule has 1 atom stereocenters. The molecule has 2 heterocycles. The van der Waals surface area contributed by atoms with E-state index in [0.717, 1.165) is 22.9 Å². The maximum atomic E-state index is 5.55. The number of aryl methyl sites for hydroxylation is 2. The van der Waals surface area contributed by atoms with Gasteiger partial charge in [-0.25, -0.2) is 15.8 Å². The van der Waals surface area contributed by atoms with Crippen molar-refractivity contribution in [3.05, 3.63) is 29.2 Å². The quantitative estimate of drug-likeness (QED) is 0.338. The van der Waals surface area contributed by atoms with Gasteiger partial charge < -0.3 is 15.2 Å². The molecule has 0 aliphatic heterocycles. The van der Waals surface area contributed by atoms with Gasteiger partial charge in [-0.15, -0.1) is 0 Å². The molecule has 0 bridgehead atoms. The van der Waals surface area contributed by atoms with E-state index in [9.17, 15) is 0 Å². The number of furan rings is 1. The van der Waals surface area contributed by atoms with Crippen molar-refractivity contribution in [2.45, 2.75) is 32.0 Å². The molecule has 20 heavy (non-hydrogen) atoms. The molecule has 0 spiro atoms. The van der Waals surface area contributed by atoms with Crippen molar-refractivity contribution in [2.24, 2.45) is 5.84 Å². The lowest BCUT2D eigenvalue weighted by molar-refractivity contribution is 0.499. The Morgan fingerprint density at radius 2 is 1.95 bits per heavy atom. The van der Waals surface area contributed by atoms with E-state index < -0.39 is 0 Å². The van der Waals surface area contributed by atoms with Crippen LogP contribution in [0.25, 0.3) is 0 Å². The molecular formula is C13H19N5OS. The highest BCUT2D eigenvalue weighted by molar-refractivity contribution is 7.98. The molecule has 0 aliphatic carbocycles. The molecule has 2 aromatic heterocycles. The minimum Gasteiger partial charge on any atom is -0.466 e. The summed E-state index contributed by atoms with van der Waals surface area (Å²) in [6.07, 6.45) is 1.92. The fourth-order valence-electron chi connectivity index (χ4n) is 2.04. The van der Waals surface area contributed by atoms with Crippen LogP contribution in [0.2, 0.25) is 0 Å². The first-order valence-corrected chi connectivity index (χ1v) is 7.49. The lowest BCUT2D eigenvalue weighted by Crippen LogP contribution is -2.12. The average Bonchev–Trinajstić information content (AvgIpc) is 2.77. The second-order valence-electron chi connectivity index (χ2n) is 4.50. The van der Waals surface area contributed by atoms with Gasteiger partial charge in [-0.05, 0) is 33.1 Å². The maximum absolute atomic E-state index is 5.55. The molecule has 4 N–H and O–H groups in total. The molecule has 1 unspecified atom stereocenters. The van der Waals surface area contributed by atoms with Crippen LogP contribution in [0.15, 0.2) is 21.7 Å². The molecule has 7 heteroatoms. The molecule has 0 amide bonds. The number of thioether (sulfide) groups is 1. The Hall–Kier alpha value is -1.73. The molecule has 108 valence electrons. The van der Waals surface area contributed by atoms with Gasteiger partial charge in [0.15, 0.2) is 5.16 Å². The predicted molar refractivity (Wildman–Crippen MR) is 81.8 cm³/mol. The summed E-state index contributed by atoms with van der Waals surface area (Å²) in [6.45, 7) is 5.96. The summed E-state index contributed by atoms with van der Waals surface area (Å²) < 4.78 is 5.55. The summed E-state index contributed by atoms with van der Waals surface area (Å²) in [4.78, 5) is 8.65. The Morgan fingerprint density at radius 1 is 1.25 bits per heavy atom. The van der Waals surface area contributed by atoms with Gasteiger partial charge in [-0.2, -0.15) is 0 Å². The van der Waals surface area contributed by atoms with Crippen molar-refractivity contribution < 1.29 is 4.42 Å². The third-order valence-electron chi connectivity index (χ3n) is 2.95. The highest BCUT2D eigenvalue weighted by Crippen LogP contribution is 2.25. The third kappa shape index (κ3) is 3.23. The lowest BCUT2D eigenvalue weighted by Gasteiger charge is -2.15. The number of nitrogens with one attached hydrogen (secondary N) is 2. The molecule has 0 saturated carbocycles. The number of hydrogen-bond acceptors (Lipinski definition) is 7. The fourth-order valence-corrected chi connectivity index (χ4v) is 2.42. The summed E-state index contributed by atoms with van der Waals surface area (Å²) in [5, 5.41) is 4.00. The van der Waals surface area contributed by atoms with Crippen molar-refractivity contribution in [1.82, 2.24) is 9.97 Å². The monoisotopic (exact) mass is 293 g/mol. The summed E-state index contributed by atoms with van der Waals surface area (Å²) >= 11 is 1.47. The van der Waals surface area contributed by atoms with Crippen molar-refractivity contribution in [2.75, 3.05) is 17.0 Å². The zero-order chi connectivity index (χ0) is 14.7. The molecular weight excluding hydrogens is 274 g/mol. The number of aromatic nitrogens is 2. The van der Waals surface area contributed by atoms with Crippen molar-refractivity contribution in [3.8, 4) is 0 Å². The van der Waals surface area contributed by atoms with Crippen molar-refractivity contribution in [3.63, 3.8) is 0 Å². The van der Waals surface area contributed by atoms with Crippen LogP contribution in [0.5, 0.6) is 0 Å². The van der Waals surface area contributed by atoms with Gasteiger partial charge in [0.25, 0.3) is 0 Å². The van der Waals surface area contributed by atoms with Crippen LogP contribution in [-0.2, 0) is 0 Å². The van der Waals surface area contributed by atoms with E-state index in [-0.39, 0.29) is 6.04 Å². The van der Waals surface area contributed by atoms with E-state index in [4.69, 9.17) is 10.3 Å². The number of hydrogen-bond donors (Lipinski definition) is 3. The molecule has 0 aromatic carbocycles. The Kier molecular flexibility index (Phi) is 4.51. The smallest absolute Gasteiger partial charge is 0.191 e. The zero-order valence-corrected chi connectivity index (χ0v) is 12.8. The zero-order valence-electron chi connectivity index (χ0n) is 12.0. The Morgan fingerprint density at radius 3 is 2.50 bits per heavy atom. The van der Waals surface area contributed by atoms with E-state index in [1.165, 1.54) is 11.8 Å². The number of nitrogen functional groups attached to an aromatic ring is 1. The maximum Gasteiger partial charge on any atom is 0.191 e. The highest BCUT2D eigenvalue weighted by Gasteiger charge is 2.14. The fraction of sp³-hybridized carbons (Fsp3) is 0.385. The van der Waals surface area contributed by atoms with E-state index in [1.54, 1.807) is 6.07 Å². The van der Waals surface area contributed by atoms with Crippen LogP contribution in [0.1, 0.15) is 30.0 Å². The number of rotatable bonds is 5. The minimum atomic E-state index is 0.0858. The topological polar surface area (TPSA) is 89.0 Å². The van der Waals surface area contributed by atoms with Crippen LogP contribution < -0.4 is 16.6 Å². The summed E-state index contributed by atoms with van der Waals surface area (Å²) in [7, 11) is 0.